The fraction of sp³-hybridized carbons (Fsp3) is 0.300. The van der Waals surface area contributed by atoms with Crippen LogP contribution in [0.2, 0.25) is 5.02 Å². The van der Waals surface area contributed by atoms with E-state index in [1.807, 2.05) is 38.1 Å². The van der Waals surface area contributed by atoms with Crippen molar-refractivity contribution in [1.82, 2.24) is 4.90 Å². The molecule has 0 heterocycles. The number of benzene rings is 2. The van der Waals surface area contributed by atoms with E-state index in [2.05, 4.69) is 26.6 Å². The van der Waals surface area contributed by atoms with Gasteiger partial charge in [0, 0.05) is 20.9 Å². The van der Waals surface area contributed by atoms with Gasteiger partial charge in [-0.2, -0.15) is 0 Å². The zero-order valence-electron chi connectivity index (χ0n) is 15.8. The summed E-state index contributed by atoms with van der Waals surface area (Å²) >= 11 is 9.39. The van der Waals surface area contributed by atoms with Crippen molar-refractivity contribution in [3.8, 4) is 0 Å². The molecule has 0 unspecified atom stereocenters. The van der Waals surface area contributed by atoms with E-state index in [0.717, 1.165) is 21.3 Å². The van der Waals surface area contributed by atoms with Crippen molar-refractivity contribution in [2.45, 2.75) is 26.8 Å². The Morgan fingerprint density at radius 1 is 1.07 bits per heavy atom. The van der Waals surface area contributed by atoms with E-state index in [0.29, 0.717) is 10.7 Å². The van der Waals surface area contributed by atoms with E-state index in [-0.39, 0.29) is 18.4 Å². The van der Waals surface area contributed by atoms with Gasteiger partial charge in [0.1, 0.15) is 0 Å². The maximum absolute atomic E-state index is 12.5. The summed E-state index contributed by atoms with van der Waals surface area (Å²) in [6, 6.07) is 10.5. The number of rotatable bonds is 6. The van der Waals surface area contributed by atoms with Crippen LogP contribution in [0.1, 0.15) is 18.1 Å². The van der Waals surface area contributed by atoms with Gasteiger partial charge in [0.15, 0.2) is 0 Å². The number of nitrogens with zero attached hydrogens (tertiary/aromatic N) is 1. The van der Waals surface area contributed by atoms with Crippen LogP contribution in [0.3, 0.4) is 0 Å². The first-order valence-corrected chi connectivity index (χ1v) is 9.67. The number of carbonyl (C=O) groups is 2. The van der Waals surface area contributed by atoms with Crippen LogP contribution < -0.4 is 10.6 Å². The molecular weight excluding hydrogens is 430 g/mol. The predicted molar refractivity (Wildman–Crippen MR) is 114 cm³/mol. The van der Waals surface area contributed by atoms with Gasteiger partial charge >= 0.3 is 0 Å². The van der Waals surface area contributed by atoms with Crippen molar-refractivity contribution < 1.29 is 9.59 Å². The molecule has 0 radical (unpaired) electrons. The van der Waals surface area contributed by atoms with Crippen molar-refractivity contribution in [1.29, 1.82) is 0 Å². The van der Waals surface area contributed by atoms with Gasteiger partial charge in [0.05, 0.1) is 12.6 Å². The number of hydrogen-bond acceptors (Lipinski definition) is 3. The van der Waals surface area contributed by atoms with Gasteiger partial charge in [0.2, 0.25) is 11.8 Å². The molecule has 2 rings (SSSR count). The largest absolute Gasteiger partial charge is 0.325 e. The van der Waals surface area contributed by atoms with Gasteiger partial charge in [-0.15, -0.1) is 0 Å². The van der Waals surface area contributed by atoms with E-state index in [9.17, 15) is 9.59 Å². The molecule has 0 saturated carbocycles. The van der Waals surface area contributed by atoms with Gasteiger partial charge in [-0.05, 0) is 69.3 Å². The SMILES string of the molecule is Cc1cc(Br)ccc1NC(=O)CN(C)[C@@H](C)C(=O)Nc1cc(Cl)ccc1C. The molecule has 1 atom stereocenters. The maximum atomic E-state index is 12.5. The lowest BCUT2D eigenvalue weighted by Gasteiger charge is -2.24. The number of halogens is 2. The summed E-state index contributed by atoms with van der Waals surface area (Å²) in [6.07, 6.45) is 0. The van der Waals surface area contributed by atoms with Crippen LogP contribution in [-0.4, -0.2) is 36.3 Å². The molecule has 0 aliphatic heterocycles. The highest BCUT2D eigenvalue weighted by Gasteiger charge is 2.21. The molecular formula is C20H23BrClN3O2. The van der Waals surface area contributed by atoms with Crippen molar-refractivity contribution in [3.63, 3.8) is 0 Å². The van der Waals surface area contributed by atoms with Crippen LogP contribution in [0, 0.1) is 13.8 Å². The van der Waals surface area contributed by atoms with E-state index >= 15 is 0 Å². The van der Waals surface area contributed by atoms with Gasteiger partial charge in [0.25, 0.3) is 0 Å². The van der Waals surface area contributed by atoms with Gasteiger partial charge in [-0.1, -0.05) is 33.6 Å². The summed E-state index contributed by atoms with van der Waals surface area (Å²) in [5, 5.41) is 6.30. The van der Waals surface area contributed by atoms with E-state index < -0.39 is 6.04 Å². The third-order valence-electron chi connectivity index (χ3n) is 4.35. The normalized spacial score (nSPS) is 12.0. The molecule has 0 bridgehead atoms. The topological polar surface area (TPSA) is 61.4 Å². The number of nitrogens with one attached hydrogen (secondary N) is 2. The fourth-order valence-electron chi connectivity index (χ4n) is 2.49. The average Bonchev–Trinajstić information content (AvgIpc) is 2.59. The zero-order chi connectivity index (χ0) is 20.1. The minimum absolute atomic E-state index is 0.0959. The first-order chi connectivity index (χ1) is 12.7. The first kappa shape index (κ1) is 21.4. The van der Waals surface area contributed by atoms with Crippen LogP contribution in [0.15, 0.2) is 40.9 Å². The monoisotopic (exact) mass is 451 g/mol. The van der Waals surface area contributed by atoms with Crippen LogP contribution in [0.4, 0.5) is 11.4 Å². The lowest BCUT2D eigenvalue weighted by Crippen LogP contribution is -2.43. The molecule has 144 valence electrons. The van der Waals surface area contributed by atoms with E-state index in [1.165, 1.54) is 0 Å². The quantitative estimate of drug-likeness (QED) is 0.672. The average molecular weight is 453 g/mol. The Morgan fingerprint density at radius 3 is 2.44 bits per heavy atom. The third kappa shape index (κ3) is 6.06. The molecule has 2 aromatic rings. The number of amides is 2. The second-order valence-electron chi connectivity index (χ2n) is 6.55. The number of hydrogen-bond donors (Lipinski definition) is 2. The Labute approximate surface area is 173 Å². The first-order valence-electron chi connectivity index (χ1n) is 8.50. The summed E-state index contributed by atoms with van der Waals surface area (Å²) in [7, 11) is 1.74. The van der Waals surface area contributed by atoms with Crippen molar-refractivity contribution in [2.75, 3.05) is 24.2 Å². The summed E-state index contributed by atoms with van der Waals surface area (Å²) in [4.78, 5) is 26.5. The van der Waals surface area contributed by atoms with Gasteiger partial charge < -0.3 is 10.6 Å². The molecule has 0 aliphatic carbocycles. The molecule has 2 amide bonds. The molecule has 5 nitrogen and oxygen atoms in total. The lowest BCUT2D eigenvalue weighted by molar-refractivity contribution is -0.122. The summed E-state index contributed by atoms with van der Waals surface area (Å²) in [5.41, 5.74) is 3.31. The van der Waals surface area contributed by atoms with E-state index in [4.69, 9.17) is 11.6 Å². The van der Waals surface area contributed by atoms with Crippen molar-refractivity contribution in [3.05, 3.63) is 57.0 Å². The van der Waals surface area contributed by atoms with Crippen molar-refractivity contribution in [2.24, 2.45) is 0 Å². The Hall–Kier alpha value is -1.89. The molecule has 0 fully saturated rings. The highest BCUT2D eigenvalue weighted by Crippen LogP contribution is 2.21. The summed E-state index contributed by atoms with van der Waals surface area (Å²) in [6.45, 7) is 5.67. The molecule has 7 heteroatoms. The Morgan fingerprint density at radius 2 is 1.78 bits per heavy atom. The Bertz CT molecular complexity index is 857. The fourth-order valence-corrected chi connectivity index (χ4v) is 3.13. The smallest absolute Gasteiger partial charge is 0.241 e. The molecule has 0 saturated heterocycles. The molecule has 27 heavy (non-hydrogen) atoms. The minimum Gasteiger partial charge on any atom is -0.325 e. The lowest BCUT2D eigenvalue weighted by atomic mass is 10.2. The molecule has 2 N–H and O–H groups in total. The maximum Gasteiger partial charge on any atom is 0.241 e. The standard InChI is InChI=1S/C20H23BrClN3O2/c1-12-5-7-16(22)10-18(12)24-20(27)14(3)25(4)11-19(26)23-17-8-6-15(21)9-13(17)2/h5-10,14H,11H2,1-4H3,(H,23,26)(H,24,27)/t14-/m0/s1. The van der Waals surface area contributed by atoms with Crippen LogP contribution >= 0.6 is 27.5 Å². The second-order valence-corrected chi connectivity index (χ2v) is 7.90. The van der Waals surface area contributed by atoms with Crippen LogP contribution in [0.5, 0.6) is 0 Å². The predicted octanol–water partition coefficient (Wildman–Crippen LogP) is 4.62. The third-order valence-corrected chi connectivity index (χ3v) is 5.08. The molecule has 0 spiro atoms. The number of carbonyl (C=O) groups excluding carboxylic acids is 2. The number of aryl methyl sites for hydroxylation is 2. The summed E-state index contributed by atoms with van der Waals surface area (Å²) < 4.78 is 0.955. The molecule has 2 aromatic carbocycles. The second kappa shape index (κ2) is 9.35. The van der Waals surface area contributed by atoms with E-state index in [1.54, 1.807) is 31.0 Å². The van der Waals surface area contributed by atoms with Crippen LogP contribution in [-0.2, 0) is 9.59 Å². The van der Waals surface area contributed by atoms with Crippen molar-refractivity contribution >= 4 is 50.7 Å². The minimum atomic E-state index is -0.486. The Kier molecular flexibility index (Phi) is 7.41. The zero-order valence-corrected chi connectivity index (χ0v) is 18.1. The molecule has 0 aromatic heterocycles. The number of likely N-dealkylation sites (N-methyl/N-ethyl adjacent to an activating group) is 1. The number of anilines is 2. The van der Waals surface area contributed by atoms with Crippen LogP contribution in [0.25, 0.3) is 0 Å². The Balaban J connectivity index is 1.95. The van der Waals surface area contributed by atoms with Gasteiger partial charge in [-0.3, -0.25) is 14.5 Å². The summed E-state index contributed by atoms with van der Waals surface area (Å²) in [5.74, 6) is -0.378. The highest BCUT2D eigenvalue weighted by atomic mass is 79.9. The molecule has 0 aliphatic rings. The highest BCUT2D eigenvalue weighted by molar-refractivity contribution is 9.10. The van der Waals surface area contributed by atoms with Gasteiger partial charge in [-0.25, -0.2) is 0 Å².